The summed E-state index contributed by atoms with van der Waals surface area (Å²) in [5, 5.41) is 14.3. The van der Waals surface area contributed by atoms with Crippen LogP contribution in [-0.2, 0) is 5.41 Å². The molecule has 1 aliphatic carbocycles. The molecule has 8 nitrogen and oxygen atoms in total. The fraction of sp³-hybridized carbons (Fsp3) is 0.273. The van der Waals surface area contributed by atoms with Gasteiger partial charge in [-0.25, -0.2) is 9.97 Å². The second kappa shape index (κ2) is 6.69. The molecule has 1 saturated carbocycles. The smallest absolute Gasteiger partial charge is 0.314 e. The van der Waals surface area contributed by atoms with Crippen molar-refractivity contribution in [2.24, 2.45) is 0 Å². The summed E-state index contributed by atoms with van der Waals surface area (Å²) in [4.78, 5) is 19.4. The van der Waals surface area contributed by atoms with Gasteiger partial charge in [-0.2, -0.15) is 0 Å². The minimum atomic E-state index is -0.441. The number of ether oxygens (including phenoxy) is 2. The molecule has 1 aromatic carbocycles. The summed E-state index contributed by atoms with van der Waals surface area (Å²) < 4.78 is 12.0. The van der Waals surface area contributed by atoms with Crippen LogP contribution < -0.4 is 14.8 Å². The fourth-order valence-electron chi connectivity index (χ4n) is 3.91. The number of aromatic nitrogens is 2. The van der Waals surface area contributed by atoms with Crippen molar-refractivity contribution < 1.29 is 14.4 Å². The highest BCUT2D eigenvalue weighted by molar-refractivity contribution is 5.67. The molecule has 0 saturated heterocycles. The summed E-state index contributed by atoms with van der Waals surface area (Å²) in [7, 11) is 0. The van der Waals surface area contributed by atoms with Crippen molar-refractivity contribution in [3.63, 3.8) is 0 Å². The van der Waals surface area contributed by atoms with Gasteiger partial charge in [0.1, 0.15) is 11.5 Å². The molecular weight excluding hydrogens is 384 g/mol. The third kappa shape index (κ3) is 3.01. The largest absolute Gasteiger partial charge is 0.492 e. The summed E-state index contributed by atoms with van der Waals surface area (Å²) in [5.41, 5.74) is 3.41. The van der Waals surface area contributed by atoms with E-state index >= 15 is 0 Å². The first kappa shape index (κ1) is 18.4. The number of hydrogen-bond donors (Lipinski definition) is 1. The maximum atomic E-state index is 11.3. The van der Waals surface area contributed by atoms with Gasteiger partial charge in [-0.15, -0.1) is 0 Å². The number of benzene rings is 1. The van der Waals surface area contributed by atoms with E-state index in [9.17, 15) is 10.1 Å². The Morgan fingerprint density at radius 1 is 1.13 bits per heavy atom. The molecule has 0 radical (unpaired) electrons. The van der Waals surface area contributed by atoms with Crippen LogP contribution in [0.25, 0.3) is 0 Å². The van der Waals surface area contributed by atoms with E-state index in [1.54, 1.807) is 31.3 Å². The molecule has 0 unspecified atom stereocenters. The van der Waals surface area contributed by atoms with Crippen LogP contribution in [-0.4, -0.2) is 21.5 Å². The molecule has 0 bridgehead atoms. The Hall–Kier alpha value is -3.68. The van der Waals surface area contributed by atoms with Crippen LogP contribution in [0.3, 0.4) is 0 Å². The standard InChI is InChI=1S/C22H20N4O4/c1-13-7-10-23-21(19(13)26(27)28)25-15-4-6-17(24-11-15)30-16-5-3-14(2)20-18(16)22(8-9-22)12-29-20/h3-7,10-11H,8-9,12H2,1-2H3,(H,23,25). The van der Waals surface area contributed by atoms with Crippen LogP contribution >= 0.6 is 0 Å². The predicted octanol–water partition coefficient (Wildman–Crippen LogP) is 4.96. The second-order valence-corrected chi connectivity index (χ2v) is 7.85. The van der Waals surface area contributed by atoms with E-state index < -0.39 is 4.92 Å². The van der Waals surface area contributed by atoms with Crippen LogP contribution in [0.5, 0.6) is 17.4 Å². The van der Waals surface area contributed by atoms with Gasteiger partial charge in [-0.05, 0) is 50.5 Å². The molecule has 2 aromatic heterocycles. The van der Waals surface area contributed by atoms with Crippen molar-refractivity contribution in [2.45, 2.75) is 32.1 Å². The topological polar surface area (TPSA) is 99.4 Å². The maximum absolute atomic E-state index is 11.3. The lowest BCUT2D eigenvalue weighted by Crippen LogP contribution is -2.08. The molecule has 30 heavy (non-hydrogen) atoms. The number of aryl methyl sites for hydroxylation is 2. The van der Waals surface area contributed by atoms with Gasteiger partial charge < -0.3 is 14.8 Å². The van der Waals surface area contributed by atoms with Crippen molar-refractivity contribution >= 4 is 17.2 Å². The molecule has 0 amide bonds. The highest BCUT2D eigenvalue weighted by Crippen LogP contribution is 2.59. The summed E-state index contributed by atoms with van der Waals surface area (Å²) in [6.07, 6.45) is 5.32. The van der Waals surface area contributed by atoms with Crippen molar-refractivity contribution in [1.29, 1.82) is 0 Å². The van der Waals surface area contributed by atoms with Crippen LogP contribution in [0.1, 0.15) is 29.5 Å². The van der Waals surface area contributed by atoms with E-state index in [0.29, 0.717) is 23.7 Å². The molecule has 1 spiro atoms. The lowest BCUT2D eigenvalue weighted by atomic mass is 9.95. The SMILES string of the molecule is Cc1ccc(Oc2ccc(Nc3nccc(C)c3[N+](=O)[O-])cn2)c2c1OCC21CC1. The van der Waals surface area contributed by atoms with Crippen molar-refractivity contribution in [3.8, 4) is 17.4 Å². The zero-order chi connectivity index (χ0) is 20.9. The molecule has 1 fully saturated rings. The summed E-state index contributed by atoms with van der Waals surface area (Å²) in [5.74, 6) is 2.33. The zero-order valence-electron chi connectivity index (χ0n) is 16.6. The fourth-order valence-corrected chi connectivity index (χ4v) is 3.91. The first-order valence-corrected chi connectivity index (χ1v) is 9.75. The van der Waals surface area contributed by atoms with E-state index in [-0.39, 0.29) is 16.9 Å². The number of hydrogen-bond acceptors (Lipinski definition) is 7. The summed E-state index contributed by atoms with van der Waals surface area (Å²) in [6, 6.07) is 9.05. The van der Waals surface area contributed by atoms with Crippen molar-refractivity contribution in [2.75, 3.05) is 11.9 Å². The highest BCUT2D eigenvalue weighted by Gasteiger charge is 2.53. The van der Waals surface area contributed by atoms with Gasteiger partial charge in [0.2, 0.25) is 11.7 Å². The first-order chi connectivity index (χ1) is 14.5. The molecule has 152 valence electrons. The number of nitro groups is 1. The Balaban J connectivity index is 1.39. The number of pyridine rings is 2. The van der Waals surface area contributed by atoms with E-state index in [4.69, 9.17) is 9.47 Å². The van der Waals surface area contributed by atoms with Gasteiger partial charge in [0.05, 0.1) is 23.4 Å². The lowest BCUT2D eigenvalue weighted by molar-refractivity contribution is -0.384. The van der Waals surface area contributed by atoms with Gasteiger partial charge in [0.15, 0.2) is 0 Å². The van der Waals surface area contributed by atoms with Gasteiger partial charge >= 0.3 is 5.69 Å². The quantitative estimate of drug-likeness (QED) is 0.474. The number of rotatable bonds is 5. The van der Waals surface area contributed by atoms with E-state index in [1.165, 1.54) is 6.20 Å². The normalized spacial score (nSPS) is 15.4. The third-order valence-electron chi connectivity index (χ3n) is 5.72. The molecule has 2 aliphatic rings. The van der Waals surface area contributed by atoms with Crippen LogP contribution in [0.15, 0.2) is 42.7 Å². The first-order valence-electron chi connectivity index (χ1n) is 9.75. The van der Waals surface area contributed by atoms with Crippen LogP contribution in [0, 0.1) is 24.0 Å². The molecule has 3 aromatic rings. The molecule has 1 N–H and O–H groups in total. The number of anilines is 2. The average molecular weight is 404 g/mol. The summed E-state index contributed by atoms with van der Waals surface area (Å²) >= 11 is 0. The van der Waals surface area contributed by atoms with E-state index in [1.807, 2.05) is 19.1 Å². The third-order valence-corrected chi connectivity index (χ3v) is 5.72. The monoisotopic (exact) mass is 404 g/mol. The van der Waals surface area contributed by atoms with Crippen molar-refractivity contribution in [1.82, 2.24) is 9.97 Å². The number of nitrogens with zero attached hydrogens (tertiary/aromatic N) is 3. The second-order valence-electron chi connectivity index (χ2n) is 7.85. The molecule has 8 heteroatoms. The zero-order valence-corrected chi connectivity index (χ0v) is 16.6. The van der Waals surface area contributed by atoms with Gasteiger partial charge in [0, 0.05) is 28.8 Å². The van der Waals surface area contributed by atoms with Gasteiger partial charge in [-0.1, -0.05) is 6.07 Å². The minimum absolute atomic E-state index is 0.0530. The Morgan fingerprint density at radius 2 is 1.97 bits per heavy atom. The van der Waals surface area contributed by atoms with Crippen molar-refractivity contribution in [3.05, 3.63) is 69.5 Å². The van der Waals surface area contributed by atoms with E-state index in [2.05, 4.69) is 15.3 Å². The number of nitrogens with one attached hydrogen (secondary N) is 1. The Labute approximate surface area is 173 Å². The summed E-state index contributed by atoms with van der Waals surface area (Å²) in [6.45, 7) is 4.43. The molecule has 3 heterocycles. The Bertz CT molecular complexity index is 1160. The van der Waals surface area contributed by atoms with Gasteiger partial charge in [-0.3, -0.25) is 10.1 Å². The molecule has 0 atom stereocenters. The molecular formula is C22H20N4O4. The van der Waals surface area contributed by atoms with Crippen LogP contribution in [0.2, 0.25) is 0 Å². The average Bonchev–Trinajstić information content (AvgIpc) is 3.39. The highest BCUT2D eigenvalue weighted by atomic mass is 16.6. The number of fused-ring (bicyclic) bond motifs is 2. The Kier molecular flexibility index (Phi) is 4.09. The van der Waals surface area contributed by atoms with Crippen LogP contribution in [0.4, 0.5) is 17.2 Å². The predicted molar refractivity (Wildman–Crippen MR) is 111 cm³/mol. The maximum Gasteiger partial charge on any atom is 0.314 e. The minimum Gasteiger partial charge on any atom is -0.492 e. The van der Waals surface area contributed by atoms with E-state index in [0.717, 1.165) is 35.5 Å². The lowest BCUT2D eigenvalue weighted by Gasteiger charge is -2.14. The Morgan fingerprint density at radius 3 is 2.67 bits per heavy atom. The molecule has 5 rings (SSSR count). The van der Waals surface area contributed by atoms with Gasteiger partial charge in [0.25, 0.3) is 0 Å². The molecule has 1 aliphatic heterocycles.